The summed E-state index contributed by atoms with van der Waals surface area (Å²) >= 11 is 1.51. The van der Waals surface area contributed by atoms with Gasteiger partial charge in [0.1, 0.15) is 11.6 Å². The maximum Gasteiger partial charge on any atom is 0.325 e. The molecule has 0 aliphatic carbocycles. The second-order valence-corrected chi connectivity index (χ2v) is 11.2. The molecule has 166 valence electrons. The number of carbonyl (C=O) groups excluding carboxylic acids is 1. The van der Waals surface area contributed by atoms with Crippen LogP contribution < -0.4 is 4.72 Å². The molecule has 9 heteroatoms. The molecule has 0 fully saturated rings. The van der Waals surface area contributed by atoms with Crippen LogP contribution in [0.4, 0.5) is 0 Å². The molecule has 1 atom stereocenters. The molecule has 0 radical (unpaired) electrons. The van der Waals surface area contributed by atoms with Gasteiger partial charge >= 0.3 is 11.9 Å². The highest BCUT2D eigenvalue weighted by Gasteiger charge is 2.29. The van der Waals surface area contributed by atoms with Crippen LogP contribution >= 0.6 is 11.3 Å². The van der Waals surface area contributed by atoms with Crippen molar-refractivity contribution in [2.75, 3.05) is 5.75 Å². The van der Waals surface area contributed by atoms with Crippen LogP contribution in [0, 0.1) is 0 Å². The van der Waals surface area contributed by atoms with Crippen LogP contribution in [0.25, 0.3) is 0 Å². The van der Waals surface area contributed by atoms with Gasteiger partial charge in [-0.2, -0.15) is 0 Å². The fraction of sp³-hybridized carbons (Fsp3) is 0.700. The van der Waals surface area contributed by atoms with Crippen molar-refractivity contribution < 1.29 is 27.9 Å². The Morgan fingerprint density at radius 1 is 1.17 bits per heavy atom. The molecule has 7 nitrogen and oxygen atoms in total. The van der Waals surface area contributed by atoms with Gasteiger partial charge in [-0.05, 0) is 58.6 Å². The molecule has 1 heterocycles. The van der Waals surface area contributed by atoms with Crippen molar-refractivity contribution in [3.05, 3.63) is 21.9 Å². The van der Waals surface area contributed by atoms with Gasteiger partial charge in [0.05, 0.1) is 5.75 Å². The maximum absolute atomic E-state index is 12.6. The zero-order valence-corrected chi connectivity index (χ0v) is 19.3. The highest BCUT2D eigenvalue weighted by atomic mass is 32.2. The summed E-state index contributed by atoms with van der Waals surface area (Å²) in [6.45, 7) is 7.14. The summed E-state index contributed by atoms with van der Waals surface area (Å²) in [5.74, 6) is -1.41. The summed E-state index contributed by atoms with van der Waals surface area (Å²) in [5.41, 5.74) is -0.713. The number of aryl methyl sites for hydroxylation is 1. The molecule has 0 saturated heterocycles. The minimum Gasteiger partial charge on any atom is -0.481 e. The quantitative estimate of drug-likeness (QED) is 0.354. The summed E-state index contributed by atoms with van der Waals surface area (Å²) in [6.07, 6.45) is 3.78. The van der Waals surface area contributed by atoms with Gasteiger partial charge < -0.3 is 9.84 Å². The normalized spacial score (nSPS) is 13.2. The van der Waals surface area contributed by atoms with Crippen LogP contribution in [-0.2, 0) is 37.2 Å². The van der Waals surface area contributed by atoms with Crippen molar-refractivity contribution in [3.8, 4) is 0 Å². The van der Waals surface area contributed by atoms with Gasteiger partial charge in [-0.3, -0.25) is 9.59 Å². The predicted molar refractivity (Wildman–Crippen MR) is 115 cm³/mol. The van der Waals surface area contributed by atoms with Crippen molar-refractivity contribution >= 4 is 33.3 Å². The number of thiophene rings is 1. The number of esters is 1. The van der Waals surface area contributed by atoms with E-state index < -0.39 is 33.6 Å². The van der Waals surface area contributed by atoms with Gasteiger partial charge in [-0.25, -0.2) is 13.1 Å². The number of unbranched alkanes of at least 4 members (excludes halogenated alkanes) is 2. The summed E-state index contributed by atoms with van der Waals surface area (Å²) in [4.78, 5) is 25.1. The Bertz CT molecular complexity index is 764. The molecule has 0 saturated carbocycles. The largest absolute Gasteiger partial charge is 0.481 e. The van der Waals surface area contributed by atoms with Gasteiger partial charge in [0.2, 0.25) is 10.0 Å². The van der Waals surface area contributed by atoms with Crippen molar-refractivity contribution in [2.45, 2.75) is 84.3 Å². The van der Waals surface area contributed by atoms with Gasteiger partial charge in [-0.1, -0.05) is 13.3 Å². The Hall–Kier alpha value is -1.45. The smallest absolute Gasteiger partial charge is 0.325 e. The summed E-state index contributed by atoms with van der Waals surface area (Å²) in [6, 6.07) is 2.85. The lowest BCUT2D eigenvalue weighted by Gasteiger charge is -2.24. The highest BCUT2D eigenvalue weighted by molar-refractivity contribution is 7.89. The average Bonchev–Trinajstić information content (AvgIpc) is 3.02. The van der Waals surface area contributed by atoms with E-state index in [-0.39, 0.29) is 18.6 Å². The number of carboxylic acids is 1. The zero-order chi connectivity index (χ0) is 22.1. The van der Waals surface area contributed by atoms with Crippen LogP contribution in [0.3, 0.4) is 0 Å². The lowest BCUT2D eigenvalue weighted by molar-refractivity contribution is -0.156. The van der Waals surface area contributed by atoms with E-state index in [0.717, 1.165) is 29.0 Å². The molecular formula is C20H33NO6S2. The van der Waals surface area contributed by atoms with Crippen molar-refractivity contribution in [3.63, 3.8) is 0 Å². The number of hydrogen-bond donors (Lipinski definition) is 2. The van der Waals surface area contributed by atoms with Gasteiger partial charge in [0.15, 0.2) is 0 Å². The van der Waals surface area contributed by atoms with E-state index in [2.05, 4.69) is 4.72 Å². The zero-order valence-electron chi connectivity index (χ0n) is 17.7. The molecule has 0 aliphatic rings. The number of aliphatic carboxylic acids is 1. The Kier molecular flexibility index (Phi) is 10.3. The molecule has 1 aromatic rings. The van der Waals surface area contributed by atoms with E-state index in [1.54, 1.807) is 20.8 Å². The molecule has 0 aliphatic heterocycles. The fourth-order valence-corrected chi connectivity index (χ4v) is 5.10. The van der Waals surface area contributed by atoms with Gasteiger partial charge in [0, 0.05) is 22.6 Å². The van der Waals surface area contributed by atoms with E-state index in [4.69, 9.17) is 9.84 Å². The van der Waals surface area contributed by atoms with Crippen LogP contribution in [0.5, 0.6) is 0 Å². The number of hydrogen-bond acceptors (Lipinski definition) is 6. The Balaban J connectivity index is 2.81. The number of carboxylic acid groups (broad SMARTS) is 1. The lowest BCUT2D eigenvalue weighted by Crippen LogP contribution is -2.46. The molecule has 0 amide bonds. The van der Waals surface area contributed by atoms with Crippen LogP contribution in [0.15, 0.2) is 12.1 Å². The number of nitrogens with one attached hydrogen (secondary N) is 1. The Morgan fingerprint density at radius 3 is 2.41 bits per heavy atom. The molecule has 29 heavy (non-hydrogen) atoms. The van der Waals surface area contributed by atoms with Gasteiger partial charge in [-0.15, -0.1) is 11.3 Å². The first-order valence-electron chi connectivity index (χ1n) is 9.94. The van der Waals surface area contributed by atoms with Crippen molar-refractivity contribution in [2.24, 2.45) is 0 Å². The maximum atomic E-state index is 12.6. The molecule has 0 spiro atoms. The minimum absolute atomic E-state index is 0.0257. The molecule has 2 N–H and O–H groups in total. The number of carbonyl (C=O) groups is 2. The third kappa shape index (κ3) is 11.3. The Morgan fingerprint density at radius 2 is 1.83 bits per heavy atom. The van der Waals surface area contributed by atoms with E-state index in [1.807, 2.05) is 19.1 Å². The summed E-state index contributed by atoms with van der Waals surface area (Å²) in [5, 5.41) is 8.70. The van der Waals surface area contributed by atoms with Crippen LogP contribution in [-0.4, -0.2) is 42.9 Å². The standard InChI is InChI=1S/C20H33NO6S2/c1-5-6-13-29(25,26)21-17(19(24)27-20(2,3)4)14-16-12-11-15(28-16)9-7-8-10-18(22)23/h11-12,17,21H,5-10,13-14H2,1-4H3,(H,22,23)/t17-/m0/s1. The predicted octanol–water partition coefficient (Wildman–Crippen LogP) is 3.52. The lowest BCUT2D eigenvalue weighted by atomic mass is 10.1. The average molecular weight is 448 g/mol. The minimum atomic E-state index is -3.58. The van der Waals surface area contributed by atoms with Crippen molar-refractivity contribution in [1.82, 2.24) is 4.72 Å². The Labute approximate surface area is 177 Å². The first-order chi connectivity index (χ1) is 13.4. The number of sulfonamides is 1. The van der Waals surface area contributed by atoms with Crippen LogP contribution in [0.1, 0.15) is 69.6 Å². The summed E-state index contributed by atoms with van der Waals surface area (Å²) < 4.78 is 32.6. The SMILES string of the molecule is CCCCS(=O)(=O)N[C@@H](Cc1ccc(CCCCC(=O)O)s1)C(=O)OC(C)(C)C. The van der Waals surface area contributed by atoms with Crippen LogP contribution in [0.2, 0.25) is 0 Å². The second kappa shape index (κ2) is 11.7. The molecule has 0 aromatic carbocycles. The van der Waals surface area contributed by atoms with E-state index in [1.165, 1.54) is 11.3 Å². The third-order valence-corrected chi connectivity index (χ3v) is 6.60. The first kappa shape index (κ1) is 25.6. The molecule has 0 bridgehead atoms. The van der Waals surface area contributed by atoms with E-state index in [0.29, 0.717) is 12.8 Å². The second-order valence-electron chi connectivity index (χ2n) is 8.05. The fourth-order valence-electron chi connectivity index (χ4n) is 2.60. The molecule has 1 rings (SSSR count). The number of rotatable bonds is 13. The highest BCUT2D eigenvalue weighted by Crippen LogP contribution is 2.22. The summed E-state index contributed by atoms with van der Waals surface area (Å²) in [7, 11) is -3.58. The topological polar surface area (TPSA) is 110 Å². The van der Waals surface area contributed by atoms with Crippen molar-refractivity contribution in [1.29, 1.82) is 0 Å². The van der Waals surface area contributed by atoms with E-state index in [9.17, 15) is 18.0 Å². The molecule has 1 aromatic heterocycles. The molecular weight excluding hydrogens is 414 g/mol. The molecule has 0 unspecified atom stereocenters. The van der Waals surface area contributed by atoms with E-state index >= 15 is 0 Å². The van der Waals surface area contributed by atoms with Gasteiger partial charge in [0.25, 0.3) is 0 Å². The first-order valence-corrected chi connectivity index (χ1v) is 12.4. The number of ether oxygens (including phenoxy) is 1. The monoisotopic (exact) mass is 447 g/mol. The third-order valence-electron chi connectivity index (χ3n) is 3.97.